The second-order valence-corrected chi connectivity index (χ2v) is 5.32. The fourth-order valence-corrected chi connectivity index (χ4v) is 2.80. The van der Waals surface area contributed by atoms with Crippen molar-refractivity contribution in [1.82, 2.24) is 4.90 Å². The van der Waals surface area contributed by atoms with Crippen LogP contribution in [0.15, 0.2) is 18.2 Å². The summed E-state index contributed by atoms with van der Waals surface area (Å²) >= 11 is 11.9. The van der Waals surface area contributed by atoms with E-state index >= 15 is 0 Å². The molecule has 1 fully saturated rings. The number of carbonyl (C=O) groups excluding carboxylic acids is 1. The summed E-state index contributed by atoms with van der Waals surface area (Å²) in [5.41, 5.74) is 0.533. The van der Waals surface area contributed by atoms with Gasteiger partial charge < -0.3 is 4.90 Å². The average molecular weight is 272 g/mol. The molecule has 0 aliphatic heterocycles. The molecule has 1 amide bonds. The van der Waals surface area contributed by atoms with Gasteiger partial charge in [0.2, 0.25) is 0 Å². The minimum Gasteiger partial charge on any atom is -0.339 e. The van der Waals surface area contributed by atoms with E-state index in [0.717, 1.165) is 12.8 Å². The van der Waals surface area contributed by atoms with Crippen molar-refractivity contribution in [2.24, 2.45) is 0 Å². The Morgan fingerprint density at radius 1 is 1.29 bits per heavy atom. The van der Waals surface area contributed by atoms with Gasteiger partial charge in [-0.05, 0) is 31.0 Å². The van der Waals surface area contributed by atoms with Crippen LogP contribution in [0, 0.1) is 0 Å². The SMILES string of the molecule is CN(C(=O)c1ccc(Cl)cc1Cl)C1CCCC1. The second-order valence-electron chi connectivity index (χ2n) is 4.48. The van der Waals surface area contributed by atoms with Crippen LogP contribution in [0.2, 0.25) is 10.0 Å². The Morgan fingerprint density at radius 2 is 1.94 bits per heavy atom. The smallest absolute Gasteiger partial charge is 0.255 e. The molecular formula is C13H15Cl2NO. The average Bonchev–Trinajstić information content (AvgIpc) is 2.80. The molecule has 2 nitrogen and oxygen atoms in total. The van der Waals surface area contributed by atoms with E-state index in [1.54, 1.807) is 18.2 Å². The molecule has 1 aliphatic rings. The third-order valence-electron chi connectivity index (χ3n) is 3.35. The van der Waals surface area contributed by atoms with Crippen LogP contribution >= 0.6 is 23.2 Å². The first-order chi connectivity index (χ1) is 8.09. The van der Waals surface area contributed by atoms with E-state index in [0.29, 0.717) is 21.7 Å². The van der Waals surface area contributed by atoms with Gasteiger partial charge in [-0.25, -0.2) is 0 Å². The van der Waals surface area contributed by atoms with Gasteiger partial charge in [-0.2, -0.15) is 0 Å². The van der Waals surface area contributed by atoms with Crippen LogP contribution in [0.25, 0.3) is 0 Å². The van der Waals surface area contributed by atoms with Gasteiger partial charge in [0, 0.05) is 18.1 Å². The number of amides is 1. The van der Waals surface area contributed by atoms with E-state index in [4.69, 9.17) is 23.2 Å². The lowest BCUT2D eigenvalue weighted by Gasteiger charge is -2.24. The van der Waals surface area contributed by atoms with Crippen molar-refractivity contribution < 1.29 is 4.79 Å². The minimum absolute atomic E-state index is 0.0152. The molecule has 0 unspecified atom stereocenters. The number of rotatable bonds is 2. The van der Waals surface area contributed by atoms with E-state index in [1.807, 2.05) is 11.9 Å². The lowest BCUT2D eigenvalue weighted by atomic mass is 10.1. The molecule has 17 heavy (non-hydrogen) atoms. The Balaban J connectivity index is 2.18. The summed E-state index contributed by atoms with van der Waals surface area (Å²) in [5.74, 6) is -0.0152. The first-order valence-electron chi connectivity index (χ1n) is 5.82. The first kappa shape index (κ1) is 12.7. The zero-order valence-corrected chi connectivity index (χ0v) is 11.3. The molecule has 1 aromatic rings. The van der Waals surface area contributed by atoms with E-state index < -0.39 is 0 Å². The van der Waals surface area contributed by atoms with Crippen molar-refractivity contribution in [1.29, 1.82) is 0 Å². The molecular weight excluding hydrogens is 257 g/mol. The first-order valence-corrected chi connectivity index (χ1v) is 6.57. The number of hydrogen-bond donors (Lipinski definition) is 0. The Kier molecular flexibility index (Phi) is 3.95. The van der Waals surface area contributed by atoms with E-state index in [2.05, 4.69) is 0 Å². The summed E-state index contributed by atoms with van der Waals surface area (Å²) in [5, 5.41) is 0.974. The van der Waals surface area contributed by atoms with Crippen molar-refractivity contribution in [3.8, 4) is 0 Å². The highest BCUT2D eigenvalue weighted by atomic mass is 35.5. The molecule has 92 valence electrons. The monoisotopic (exact) mass is 271 g/mol. The fraction of sp³-hybridized carbons (Fsp3) is 0.462. The maximum atomic E-state index is 12.3. The van der Waals surface area contributed by atoms with Crippen molar-refractivity contribution >= 4 is 29.1 Å². The zero-order valence-electron chi connectivity index (χ0n) is 9.75. The third kappa shape index (κ3) is 2.75. The molecule has 2 rings (SSSR count). The molecule has 0 N–H and O–H groups in total. The predicted octanol–water partition coefficient (Wildman–Crippen LogP) is 4.01. The Labute approximate surface area is 112 Å². The number of carbonyl (C=O) groups is 1. The summed E-state index contributed by atoms with van der Waals surface area (Å²) in [7, 11) is 1.85. The van der Waals surface area contributed by atoms with Gasteiger partial charge in [0.05, 0.1) is 10.6 Å². The lowest BCUT2D eigenvalue weighted by molar-refractivity contribution is 0.0735. The van der Waals surface area contributed by atoms with Crippen molar-refractivity contribution in [3.63, 3.8) is 0 Å². The lowest BCUT2D eigenvalue weighted by Crippen LogP contribution is -2.35. The summed E-state index contributed by atoms with van der Waals surface area (Å²) in [6, 6.07) is 5.36. The fourth-order valence-electron chi connectivity index (χ4n) is 2.31. The number of benzene rings is 1. The van der Waals surface area contributed by atoms with Crippen molar-refractivity contribution in [2.75, 3.05) is 7.05 Å². The van der Waals surface area contributed by atoms with Gasteiger partial charge in [0.15, 0.2) is 0 Å². The van der Waals surface area contributed by atoms with Crippen LogP contribution in [0.5, 0.6) is 0 Å². The highest BCUT2D eigenvalue weighted by Gasteiger charge is 2.25. The molecule has 0 saturated heterocycles. The standard InChI is InChI=1S/C13H15Cl2NO/c1-16(10-4-2-3-5-10)13(17)11-7-6-9(14)8-12(11)15/h6-8,10H,2-5H2,1H3. The van der Waals surface area contributed by atoms with Crippen LogP contribution in [0.1, 0.15) is 36.0 Å². The number of hydrogen-bond acceptors (Lipinski definition) is 1. The highest BCUT2D eigenvalue weighted by Crippen LogP contribution is 2.26. The molecule has 0 heterocycles. The van der Waals surface area contributed by atoms with E-state index in [1.165, 1.54) is 12.8 Å². The number of nitrogens with zero attached hydrogens (tertiary/aromatic N) is 1. The summed E-state index contributed by atoms with van der Waals surface area (Å²) in [4.78, 5) is 14.1. The van der Waals surface area contributed by atoms with Gasteiger partial charge in [0.25, 0.3) is 5.91 Å². The highest BCUT2D eigenvalue weighted by molar-refractivity contribution is 6.36. The van der Waals surface area contributed by atoms with E-state index in [-0.39, 0.29) is 5.91 Å². The molecule has 1 aliphatic carbocycles. The van der Waals surface area contributed by atoms with Crippen LogP contribution in [0.3, 0.4) is 0 Å². The minimum atomic E-state index is -0.0152. The number of halogens is 2. The maximum Gasteiger partial charge on any atom is 0.255 e. The molecule has 1 saturated carbocycles. The molecule has 0 spiro atoms. The van der Waals surface area contributed by atoms with Crippen LogP contribution in [-0.4, -0.2) is 23.9 Å². The molecule has 0 aromatic heterocycles. The Bertz CT molecular complexity index is 427. The quantitative estimate of drug-likeness (QED) is 0.796. The van der Waals surface area contributed by atoms with Gasteiger partial charge in [-0.3, -0.25) is 4.79 Å². The van der Waals surface area contributed by atoms with Gasteiger partial charge >= 0.3 is 0 Å². The van der Waals surface area contributed by atoms with Crippen LogP contribution in [0.4, 0.5) is 0 Å². The van der Waals surface area contributed by atoms with E-state index in [9.17, 15) is 4.79 Å². The topological polar surface area (TPSA) is 20.3 Å². The molecule has 1 aromatic carbocycles. The summed E-state index contributed by atoms with van der Waals surface area (Å²) in [6.45, 7) is 0. The predicted molar refractivity (Wildman–Crippen MR) is 70.8 cm³/mol. The molecule has 0 radical (unpaired) electrons. The van der Waals surface area contributed by atoms with Crippen molar-refractivity contribution in [3.05, 3.63) is 33.8 Å². The summed E-state index contributed by atoms with van der Waals surface area (Å²) < 4.78 is 0. The molecule has 4 heteroatoms. The van der Waals surface area contributed by atoms with Crippen LogP contribution < -0.4 is 0 Å². The third-order valence-corrected chi connectivity index (χ3v) is 3.90. The van der Waals surface area contributed by atoms with Crippen molar-refractivity contribution in [2.45, 2.75) is 31.7 Å². The van der Waals surface area contributed by atoms with Gasteiger partial charge in [-0.1, -0.05) is 36.0 Å². The normalized spacial score (nSPS) is 16.2. The largest absolute Gasteiger partial charge is 0.339 e. The maximum absolute atomic E-state index is 12.3. The Hall–Kier alpha value is -0.730. The molecule has 0 bridgehead atoms. The van der Waals surface area contributed by atoms with Gasteiger partial charge in [-0.15, -0.1) is 0 Å². The Morgan fingerprint density at radius 3 is 2.53 bits per heavy atom. The molecule has 0 atom stereocenters. The zero-order chi connectivity index (χ0) is 12.4. The second kappa shape index (κ2) is 5.28. The summed E-state index contributed by atoms with van der Waals surface area (Å²) in [6.07, 6.45) is 4.59. The van der Waals surface area contributed by atoms with Crippen LogP contribution in [-0.2, 0) is 0 Å². The van der Waals surface area contributed by atoms with Gasteiger partial charge in [0.1, 0.15) is 0 Å².